The lowest BCUT2D eigenvalue weighted by molar-refractivity contribution is 0.461. The number of aromatic nitrogens is 2. The van der Waals surface area contributed by atoms with Crippen molar-refractivity contribution in [1.82, 2.24) is 9.38 Å². The zero-order valence-corrected chi connectivity index (χ0v) is 14.6. The Balaban J connectivity index is 1.85. The first kappa shape index (κ1) is 14.8. The number of hydrogen-bond acceptors (Lipinski definition) is 3. The van der Waals surface area contributed by atoms with Gasteiger partial charge in [0.05, 0.1) is 4.88 Å². The summed E-state index contributed by atoms with van der Waals surface area (Å²) in [6.07, 6.45) is 6.58. The van der Waals surface area contributed by atoms with Gasteiger partial charge in [-0.25, -0.2) is 4.98 Å². The summed E-state index contributed by atoms with van der Waals surface area (Å²) in [5, 5.41) is 5.95. The van der Waals surface area contributed by atoms with Crippen molar-refractivity contribution in [3.8, 4) is 10.6 Å². The molecule has 1 N–H and O–H groups in total. The minimum atomic E-state index is 0.572. The van der Waals surface area contributed by atoms with Gasteiger partial charge in [-0.2, -0.15) is 0 Å². The van der Waals surface area contributed by atoms with E-state index in [0.29, 0.717) is 6.04 Å². The Kier molecular flexibility index (Phi) is 3.85. The third kappa shape index (κ3) is 2.76. The van der Waals surface area contributed by atoms with Crippen molar-refractivity contribution >= 4 is 22.8 Å². The Hall–Kier alpha value is -1.81. The molecule has 3 aromatic heterocycles. The molecule has 0 aliphatic heterocycles. The molecule has 3 nitrogen and oxygen atoms in total. The number of nitrogens with zero attached hydrogens (tertiary/aromatic N) is 2. The molecule has 0 amide bonds. The van der Waals surface area contributed by atoms with E-state index in [9.17, 15) is 0 Å². The lowest BCUT2D eigenvalue weighted by Gasteiger charge is -2.24. The fraction of sp³-hybridized carbons (Fsp3) is 0.421. The van der Waals surface area contributed by atoms with Crippen LogP contribution in [0.25, 0.3) is 16.2 Å². The van der Waals surface area contributed by atoms with E-state index >= 15 is 0 Å². The number of anilines is 1. The highest BCUT2D eigenvalue weighted by Gasteiger charge is 2.21. The smallest absolute Gasteiger partial charge is 0.140 e. The van der Waals surface area contributed by atoms with Crippen molar-refractivity contribution in [2.75, 3.05) is 5.32 Å². The standard InChI is InChI=1S/C19H23N3S/c1-13-11-14(2)22-17(12-13)21-18(16-9-6-10-23-16)19(22)20-15-7-4-3-5-8-15/h6,9-12,15,20H,3-5,7-8H2,1-2H3. The third-order valence-corrected chi connectivity index (χ3v) is 5.63. The normalized spacial score (nSPS) is 16.1. The number of pyridine rings is 1. The predicted octanol–water partition coefficient (Wildman–Crippen LogP) is 5.42. The van der Waals surface area contributed by atoms with Crippen LogP contribution in [0.2, 0.25) is 0 Å². The summed E-state index contributed by atoms with van der Waals surface area (Å²) in [7, 11) is 0. The van der Waals surface area contributed by atoms with E-state index < -0.39 is 0 Å². The highest BCUT2D eigenvalue weighted by molar-refractivity contribution is 7.13. The lowest BCUT2D eigenvalue weighted by atomic mass is 9.95. The number of hydrogen-bond donors (Lipinski definition) is 1. The van der Waals surface area contributed by atoms with Gasteiger partial charge in [0, 0.05) is 11.7 Å². The molecule has 0 bridgehead atoms. The number of fused-ring (bicyclic) bond motifs is 1. The van der Waals surface area contributed by atoms with E-state index in [4.69, 9.17) is 4.98 Å². The maximum absolute atomic E-state index is 4.95. The third-order valence-electron chi connectivity index (χ3n) is 4.75. The Morgan fingerprint density at radius 3 is 2.74 bits per heavy atom. The summed E-state index contributed by atoms with van der Waals surface area (Å²) in [5.74, 6) is 1.17. The van der Waals surface area contributed by atoms with Crippen LogP contribution in [0, 0.1) is 13.8 Å². The Labute approximate surface area is 141 Å². The largest absolute Gasteiger partial charge is 0.367 e. The minimum Gasteiger partial charge on any atom is -0.367 e. The summed E-state index contributed by atoms with van der Waals surface area (Å²) in [6, 6.07) is 9.26. The molecular formula is C19H23N3S. The summed E-state index contributed by atoms with van der Waals surface area (Å²) in [5.41, 5.74) is 4.65. The van der Waals surface area contributed by atoms with Crippen LogP contribution in [0.15, 0.2) is 29.6 Å². The van der Waals surface area contributed by atoms with Gasteiger partial charge in [-0.3, -0.25) is 4.40 Å². The van der Waals surface area contributed by atoms with Crippen molar-refractivity contribution in [3.63, 3.8) is 0 Å². The highest BCUT2D eigenvalue weighted by Crippen LogP contribution is 2.34. The summed E-state index contributed by atoms with van der Waals surface area (Å²) >= 11 is 1.76. The first-order valence-corrected chi connectivity index (χ1v) is 9.40. The number of rotatable bonds is 3. The van der Waals surface area contributed by atoms with E-state index in [0.717, 1.165) is 11.3 Å². The van der Waals surface area contributed by atoms with Crippen LogP contribution >= 0.6 is 11.3 Å². The molecule has 1 fully saturated rings. The van der Waals surface area contributed by atoms with Gasteiger partial charge < -0.3 is 5.32 Å². The second-order valence-electron chi connectivity index (χ2n) is 6.63. The fourth-order valence-corrected chi connectivity index (χ4v) is 4.40. The molecule has 0 unspecified atom stereocenters. The molecule has 23 heavy (non-hydrogen) atoms. The molecule has 0 spiro atoms. The van der Waals surface area contributed by atoms with Crippen molar-refractivity contribution in [3.05, 3.63) is 40.9 Å². The zero-order chi connectivity index (χ0) is 15.8. The van der Waals surface area contributed by atoms with Crippen LogP contribution in [0.1, 0.15) is 43.4 Å². The highest BCUT2D eigenvalue weighted by atomic mass is 32.1. The lowest BCUT2D eigenvalue weighted by Crippen LogP contribution is -2.23. The maximum atomic E-state index is 4.95. The van der Waals surface area contributed by atoms with Crippen LogP contribution in [0.4, 0.5) is 5.82 Å². The molecule has 1 aliphatic rings. The maximum Gasteiger partial charge on any atom is 0.140 e. The number of thiophene rings is 1. The van der Waals surface area contributed by atoms with E-state index in [1.165, 1.54) is 54.1 Å². The van der Waals surface area contributed by atoms with Gasteiger partial charge in [-0.05, 0) is 55.8 Å². The second kappa shape index (κ2) is 6.00. The SMILES string of the molecule is Cc1cc(C)n2c(NC3CCCCC3)c(-c3cccs3)nc2c1. The molecule has 0 atom stereocenters. The molecule has 4 heteroatoms. The van der Waals surface area contributed by atoms with E-state index in [2.05, 4.69) is 53.2 Å². The van der Waals surface area contributed by atoms with Gasteiger partial charge in [0.2, 0.25) is 0 Å². The first-order chi connectivity index (χ1) is 11.2. The Morgan fingerprint density at radius 1 is 1.17 bits per heavy atom. The monoisotopic (exact) mass is 325 g/mol. The van der Waals surface area contributed by atoms with Crippen LogP contribution in [0.3, 0.4) is 0 Å². The molecule has 120 valence electrons. The van der Waals surface area contributed by atoms with Gasteiger partial charge in [-0.1, -0.05) is 25.3 Å². The van der Waals surface area contributed by atoms with E-state index in [1.807, 2.05) is 0 Å². The van der Waals surface area contributed by atoms with Gasteiger partial charge in [-0.15, -0.1) is 11.3 Å². The summed E-state index contributed by atoms with van der Waals surface area (Å²) in [4.78, 5) is 6.19. The van der Waals surface area contributed by atoms with Crippen LogP contribution in [-0.4, -0.2) is 15.4 Å². The quantitative estimate of drug-likeness (QED) is 0.696. The second-order valence-corrected chi connectivity index (χ2v) is 7.58. The van der Waals surface area contributed by atoms with E-state index in [-0.39, 0.29) is 0 Å². The van der Waals surface area contributed by atoms with Crippen molar-refractivity contribution in [2.45, 2.75) is 52.0 Å². The zero-order valence-electron chi connectivity index (χ0n) is 13.8. The average Bonchev–Trinajstić information content (AvgIpc) is 3.16. The minimum absolute atomic E-state index is 0.572. The first-order valence-electron chi connectivity index (χ1n) is 8.52. The molecule has 3 aromatic rings. The van der Waals surface area contributed by atoms with Crippen LogP contribution in [-0.2, 0) is 0 Å². The molecule has 0 radical (unpaired) electrons. The van der Waals surface area contributed by atoms with Crippen LogP contribution in [0.5, 0.6) is 0 Å². The molecule has 1 saturated carbocycles. The van der Waals surface area contributed by atoms with Crippen molar-refractivity contribution in [1.29, 1.82) is 0 Å². The number of imidazole rings is 1. The predicted molar refractivity (Wildman–Crippen MR) is 98.5 cm³/mol. The van der Waals surface area contributed by atoms with Gasteiger partial charge in [0.25, 0.3) is 0 Å². The van der Waals surface area contributed by atoms with Crippen molar-refractivity contribution in [2.24, 2.45) is 0 Å². The van der Waals surface area contributed by atoms with Gasteiger partial charge >= 0.3 is 0 Å². The van der Waals surface area contributed by atoms with Crippen LogP contribution < -0.4 is 5.32 Å². The van der Waals surface area contributed by atoms with Crippen molar-refractivity contribution < 1.29 is 0 Å². The average molecular weight is 325 g/mol. The number of nitrogens with one attached hydrogen (secondary N) is 1. The molecule has 3 heterocycles. The molecular weight excluding hydrogens is 302 g/mol. The molecule has 1 aliphatic carbocycles. The topological polar surface area (TPSA) is 29.3 Å². The Bertz CT molecular complexity index is 811. The summed E-state index contributed by atoms with van der Waals surface area (Å²) < 4.78 is 2.29. The molecule has 0 aromatic carbocycles. The van der Waals surface area contributed by atoms with Gasteiger partial charge in [0.1, 0.15) is 17.2 Å². The Morgan fingerprint density at radius 2 is 2.00 bits per heavy atom. The van der Waals surface area contributed by atoms with E-state index in [1.54, 1.807) is 11.3 Å². The summed E-state index contributed by atoms with van der Waals surface area (Å²) in [6.45, 7) is 4.31. The molecule has 0 saturated heterocycles. The fourth-order valence-electron chi connectivity index (χ4n) is 3.69. The molecule has 4 rings (SSSR count). The number of aryl methyl sites for hydroxylation is 2. The van der Waals surface area contributed by atoms with Gasteiger partial charge in [0.15, 0.2) is 0 Å².